The number of carbonyl (C=O) groups is 6. The molecule has 11 nitrogen and oxygen atoms in total. The zero-order valence-corrected chi connectivity index (χ0v) is 20.5. The standard InChI is InChI=1S/C25H31N5O6/c1-26-19(31)12-13-21(33)29(2)15-8-6-14(7-9-15)27-17-5-3-4-16-22(17)25(36)30(24(16)35)18-10-11-20(32)28-23(18)34/h3-5,14-15,18,27H,6-13H2,1-2H3,(H,26,31)(H,28,32,34). The summed E-state index contributed by atoms with van der Waals surface area (Å²) in [4.78, 5) is 76.7. The number of amides is 6. The number of nitrogens with zero attached hydrogens (tertiary/aromatic N) is 2. The second kappa shape index (κ2) is 10.5. The number of anilines is 1. The van der Waals surface area contributed by atoms with Crippen molar-refractivity contribution < 1.29 is 28.8 Å². The molecule has 4 rings (SSSR count). The minimum atomic E-state index is -1.00. The second-order valence-electron chi connectivity index (χ2n) is 9.50. The first-order chi connectivity index (χ1) is 17.2. The van der Waals surface area contributed by atoms with Crippen molar-refractivity contribution in [2.24, 2.45) is 0 Å². The van der Waals surface area contributed by atoms with Crippen molar-refractivity contribution in [1.82, 2.24) is 20.4 Å². The van der Waals surface area contributed by atoms with Gasteiger partial charge in [0, 0.05) is 51.1 Å². The SMILES string of the molecule is CNC(=O)CCC(=O)N(C)C1CCC(Nc2cccc3c2C(=O)N(C2CCC(=O)NC2=O)C3=O)CC1. The van der Waals surface area contributed by atoms with E-state index in [0.29, 0.717) is 5.69 Å². The molecule has 192 valence electrons. The molecule has 1 atom stereocenters. The van der Waals surface area contributed by atoms with Crippen LogP contribution in [0, 0.1) is 0 Å². The highest BCUT2D eigenvalue weighted by atomic mass is 16.2. The van der Waals surface area contributed by atoms with E-state index >= 15 is 0 Å². The van der Waals surface area contributed by atoms with E-state index in [0.717, 1.165) is 30.6 Å². The molecule has 2 aliphatic heterocycles. The van der Waals surface area contributed by atoms with Gasteiger partial charge < -0.3 is 15.5 Å². The van der Waals surface area contributed by atoms with E-state index in [2.05, 4.69) is 16.0 Å². The summed E-state index contributed by atoms with van der Waals surface area (Å²) in [5, 5.41) is 8.12. The number of hydrogen-bond acceptors (Lipinski definition) is 7. The highest BCUT2D eigenvalue weighted by Crippen LogP contribution is 2.34. The van der Waals surface area contributed by atoms with Gasteiger partial charge in [-0.2, -0.15) is 0 Å². The largest absolute Gasteiger partial charge is 0.382 e. The van der Waals surface area contributed by atoms with Gasteiger partial charge in [-0.1, -0.05) is 6.07 Å². The lowest BCUT2D eigenvalue weighted by atomic mass is 9.89. The number of hydrogen-bond donors (Lipinski definition) is 3. The molecule has 36 heavy (non-hydrogen) atoms. The van der Waals surface area contributed by atoms with Crippen LogP contribution in [0.4, 0.5) is 5.69 Å². The van der Waals surface area contributed by atoms with Crippen molar-refractivity contribution >= 4 is 41.1 Å². The Hall–Kier alpha value is -3.76. The van der Waals surface area contributed by atoms with Crippen LogP contribution < -0.4 is 16.0 Å². The van der Waals surface area contributed by atoms with Gasteiger partial charge in [-0.25, -0.2) is 0 Å². The van der Waals surface area contributed by atoms with Crippen LogP contribution in [-0.2, 0) is 19.2 Å². The number of benzene rings is 1. The molecule has 2 heterocycles. The molecule has 1 saturated carbocycles. The Balaban J connectivity index is 1.39. The lowest BCUT2D eigenvalue weighted by Crippen LogP contribution is -2.54. The van der Waals surface area contributed by atoms with Crippen LogP contribution in [0.25, 0.3) is 0 Å². The van der Waals surface area contributed by atoms with Gasteiger partial charge in [0.2, 0.25) is 23.6 Å². The van der Waals surface area contributed by atoms with E-state index in [-0.39, 0.29) is 60.7 Å². The van der Waals surface area contributed by atoms with Gasteiger partial charge in [-0.15, -0.1) is 0 Å². The Morgan fingerprint density at radius 3 is 2.42 bits per heavy atom. The van der Waals surface area contributed by atoms with E-state index in [9.17, 15) is 28.8 Å². The van der Waals surface area contributed by atoms with Gasteiger partial charge in [0.05, 0.1) is 11.1 Å². The number of imide groups is 2. The molecule has 2 fully saturated rings. The predicted molar refractivity (Wildman–Crippen MR) is 129 cm³/mol. The van der Waals surface area contributed by atoms with E-state index < -0.39 is 29.7 Å². The minimum absolute atomic E-state index is 0.0506. The normalized spacial score (nSPS) is 23.7. The lowest BCUT2D eigenvalue weighted by molar-refractivity contribution is -0.136. The van der Waals surface area contributed by atoms with Gasteiger partial charge in [0.25, 0.3) is 11.8 Å². The molecule has 1 aliphatic carbocycles. The Morgan fingerprint density at radius 2 is 1.75 bits per heavy atom. The molecular weight excluding hydrogens is 466 g/mol. The van der Waals surface area contributed by atoms with Crippen LogP contribution in [0.15, 0.2) is 18.2 Å². The van der Waals surface area contributed by atoms with Gasteiger partial charge in [0.15, 0.2) is 0 Å². The topological polar surface area (TPSA) is 145 Å². The summed E-state index contributed by atoms with van der Waals surface area (Å²) in [6, 6.07) is 4.14. The smallest absolute Gasteiger partial charge is 0.264 e. The molecule has 3 aliphatic rings. The minimum Gasteiger partial charge on any atom is -0.382 e. The first-order valence-corrected chi connectivity index (χ1v) is 12.3. The zero-order valence-electron chi connectivity index (χ0n) is 20.5. The number of carbonyl (C=O) groups excluding carboxylic acids is 6. The van der Waals surface area contributed by atoms with Gasteiger partial charge in [-0.05, 0) is 44.2 Å². The van der Waals surface area contributed by atoms with Crippen molar-refractivity contribution in [3.8, 4) is 0 Å². The van der Waals surface area contributed by atoms with E-state index in [4.69, 9.17) is 0 Å². The average molecular weight is 498 g/mol. The second-order valence-corrected chi connectivity index (χ2v) is 9.50. The molecule has 0 bridgehead atoms. The lowest BCUT2D eigenvalue weighted by Gasteiger charge is -2.35. The summed E-state index contributed by atoms with van der Waals surface area (Å²) in [5.74, 6) is -2.35. The summed E-state index contributed by atoms with van der Waals surface area (Å²) in [6.07, 6.45) is 3.58. The van der Waals surface area contributed by atoms with Crippen molar-refractivity contribution in [3.63, 3.8) is 0 Å². The average Bonchev–Trinajstić information content (AvgIpc) is 3.13. The first kappa shape index (κ1) is 25.3. The quantitative estimate of drug-likeness (QED) is 0.473. The summed E-state index contributed by atoms with van der Waals surface area (Å²) >= 11 is 0. The van der Waals surface area contributed by atoms with Crippen molar-refractivity contribution in [3.05, 3.63) is 29.3 Å². The van der Waals surface area contributed by atoms with Crippen molar-refractivity contribution in [2.45, 2.75) is 69.5 Å². The number of rotatable bonds is 7. The molecule has 0 radical (unpaired) electrons. The Labute approximate surface area is 208 Å². The molecule has 11 heteroatoms. The first-order valence-electron chi connectivity index (χ1n) is 12.3. The summed E-state index contributed by atoms with van der Waals surface area (Å²) in [5.41, 5.74) is 1.03. The molecule has 3 N–H and O–H groups in total. The van der Waals surface area contributed by atoms with Crippen LogP contribution in [0.5, 0.6) is 0 Å². The predicted octanol–water partition coefficient (Wildman–Crippen LogP) is 0.796. The monoisotopic (exact) mass is 497 g/mol. The molecule has 0 spiro atoms. The Morgan fingerprint density at radius 1 is 1.03 bits per heavy atom. The van der Waals surface area contributed by atoms with Crippen LogP contribution >= 0.6 is 0 Å². The fraction of sp³-hybridized carbons (Fsp3) is 0.520. The Bertz CT molecular complexity index is 1110. The number of fused-ring (bicyclic) bond motifs is 1. The molecule has 1 aromatic rings. The highest BCUT2D eigenvalue weighted by molar-refractivity contribution is 6.25. The molecular formula is C25H31N5O6. The van der Waals surface area contributed by atoms with Crippen LogP contribution in [0.2, 0.25) is 0 Å². The fourth-order valence-corrected chi connectivity index (χ4v) is 5.19. The highest BCUT2D eigenvalue weighted by Gasteiger charge is 2.45. The van der Waals surface area contributed by atoms with E-state index in [1.807, 2.05) is 0 Å². The molecule has 1 aromatic carbocycles. The maximum Gasteiger partial charge on any atom is 0.264 e. The number of piperidine rings is 1. The van der Waals surface area contributed by atoms with Gasteiger partial charge in [0.1, 0.15) is 6.04 Å². The summed E-state index contributed by atoms with van der Waals surface area (Å²) in [7, 11) is 3.31. The maximum absolute atomic E-state index is 13.3. The van der Waals surface area contributed by atoms with E-state index in [1.165, 1.54) is 0 Å². The molecule has 6 amide bonds. The van der Waals surface area contributed by atoms with Crippen LogP contribution in [0.3, 0.4) is 0 Å². The fourth-order valence-electron chi connectivity index (χ4n) is 5.19. The summed E-state index contributed by atoms with van der Waals surface area (Å²) < 4.78 is 0. The third-order valence-electron chi connectivity index (χ3n) is 7.31. The maximum atomic E-state index is 13.3. The Kier molecular flexibility index (Phi) is 7.37. The van der Waals surface area contributed by atoms with Crippen LogP contribution in [-0.4, -0.2) is 77.5 Å². The number of nitrogens with one attached hydrogen (secondary N) is 3. The zero-order chi connectivity index (χ0) is 26.0. The molecule has 1 saturated heterocycles. The third kappa shape index (κ3) is 4.95. The van der Waals surface area contributed by atoms with E-state index in [1.54, 1.807) is 37.2 Å². The van der Waals surface area contributed by atoms with Crippen LogP contribution in [0.1, 0.15) is 72.1 Å². The van der Waals surface area contributed by atoms with Crippen molar-refractivity contribution in [2.75, 3.05) is 19.4 Å². The van der Waals surface area contributed by atoms with Gasteiger partial charge >= 0.3 is 0 Å². The van der Waals surface area contributed by atoms with Crippen molar-refractivity contribution in [1.29, 1.82) is 0 Å². The molecule has 0 aromatic heterocycles. The van der Waals surface area contributed by atoms with Gasteiger partial charge in [-0.3, -0.25) is 39.0 Å². The third-order valence-corrected chi connectivity index (χ3v) is 7.31. The summed E-state index contributed by atoms with van der Waals surface area (Å²) in [6.45, 7) is 0. The molecule has 1 unspecified atom stereocenters.